The number of rotatable bonds is 9. The summed E-state index contributed by atoms with van der Waals surface area (Å²) in [6.07, 6.45) is 0. The van der Waals surface area contributed by atoms with E-state index in [1.165, 1.54) is 36.0 Å². The number of anilines is 2. The van der Waals surface area contributed by atoms with Crippen LogP contribution in [0.5, 0.6) is 0 Å². The second-order valence-corrected chi connectivity index (χ2v) is 11.9. The van der Waals surface area contributed by atoms with Crippen molar-refractivity contribution in [3.8, 4) is 22.5 Å². The Hall–Kier alpha value is -4.00. The van der Waals surface area contributed by atoms with Crippen LogP contribution >= 0.6 is 23.1 Å². The molecule has 0 unspecified atom stereocenters. The van der Waals surface area contributed by atoms with Gasteiger partial charge in [0.25, 0.3) is 10.0 Å². The molecule has 2 heterocycles. The largest absolute Gasteiger partial charge is 0.332 e. The number of nitrogens with zero attached hydrogens (tertiary/aromatic N) is 3. The second kappa shape index (κ2) is 11.2. The monoisotopic (exact) mass is 562 g/mol. The van der Waals surface area contributed by atoms with Gasteiger partial charge in [-0.3, -0.25) is 9.52 Å². The molecule has 3 aromatic carbocycles. The zero-order valence-electron chi connectivity index (χ0n) is 20.1. The van der Waals surface area contributed by atoms with Crippen LogP contribution in [-0.4, -0.2) is 40.2 Å². The summed E-state index contributed by atoms with van der Waals surface area (Å²) < 4.78 is 27.5. The van der Waals surface area contributed by atoms with Crippen molar-refractivity contribution in [1.29, 1.82) is 0 Å². The summed E-state index contributed by atoms with van der Waals surface area (Å²) in [5.74, 6) is -0.125. The molecule has 0 aliphatic rings. The van der Waals surface area contributed by atoms with Crippen LogP contribution < -0.4 is 10.0 Å². The molecule has 0 saturated carbocycles. The van der Waals surface area contributed by atoms with Gasteiger partial charge in [-0.15, -0.1) is 10.2 Å². The maximum absolute atomic E-state index is 12.6. The molecule has 0 aliphatic heterocycles. The van der Waals surface area contributed by atoms with E-state index in [0.717, 1.165) is 33.9 Å². The van der Waals surface area contributed by atoms with Gasteiger partial charge in [0.15, 0.2) is 5.16 Å². The quantitative estimate of drug-likeness (QED) is 0.204. The number of hydrogen-bond acceptors (Lipinski definition) is 8. The van der Waals surface area contributed by atoms with Gasteiger partial charge in [0.05, 0.1) is 22.0 Å². The number of hydrogen-bond donors (Lipinski definition) is 3. The fraction of sp³-hybridized carbons (Fsp3) is 0.0769. The van der Waals surface area contributed by atoms with Gasteiger partial charge in [0, 0.05) is 16.8 Å². The molecule has 0 atom stereocenters. The Balaban J connectivity index is 1.24. The van der Waals surface area contributed by atoms with Gasteiger partial charge in [0.1, 0.15) is 5.01 Å². The Morgan fingerprint density at radius 2 is 1.58 bits per heavy atom. The summed E-state index contributed by atoms with van der Waals surface area (Å²) in [5, 5.41) is 11.8. The minimum Gasteiger partial charge on any atom is -0.332 e. The van der Waals surface area contributed by atoms with E-state index in [1.54, 1.807) is 6.92 Å². The predicted molar refractivity (Wildman–Crippen MR) is 151 cm³/mol. The smallest absolute Gasteiger partial charge is 0.263 e. The van der Waals surface area contributed by atoms with Crippen molar-refractivity contribution in [2.45, 2.75) is 17.0 Å². The molecule has 38 heavy (non-hydrogen) atoms. The van der Waals surface area contributed by atoms with Crippen LogP contribution in [0.4, 0.5) is 10.8 Å². The molecule has 12 heteroatoms. The molecular weight excluding hydrogens is 541 g/mol. The van der Waals surface area contributed by atoms with E-state index < -0.39 is 10.0 Å². The van der Waals surface area contributed by atoms with Gasteiger partial charge in [-0.2, -0.15) is 0 Å². The summed E-state index contributed by atoms with van der Waals surface area (Å²) >= 11 is 2.43. The lowest BCUT2D eigenvalue weighted by Gasteiger charge is -2.07. The number of H-pyrrole nitrogens is 1. The highest BCUT2D eigenvalue weighted by Gasteiger charge is 2.18. The Kier molecular flexibility index (Phi) is 7.54. The lowest BCUT2D eigenvalue weighted by molar-refractivity contribution is -0.113. The average Bonchev–Trinajstić information content (AvgIpc) is 3.54. The third kappa shape index (κ3) is 6.10. The molecule has 3 N–H and O–H groups in total. The van der Waals surface area contributed by atoms with Crippen molar-refractivity contribution >= 4 is 49.8 Å². The SMILES string of the molecule is Cc1nnc(NS(=O)(=O)c2ccc(NC(=O)CSc3nc(-c4ccccc4)c(-c4ccccc4)[nH]3)cc2)s1. The summed E-state index contributed by atoms with van der Waals surface area (Å²) in [6.45, 7) is 1.74. The van der Waals surface area contributed by atoms with Crippen LogP contribution in [0.15, 0.2) is 95.0 Å². The van der Waals surface area contributed by atoms with Gasteiger partial charge < -0.3 is 10.3 Å². The number of carbonyl (C=O) groups is 1. The van der Waals surface area contributed by atoms with Crippen LogP contribution in [0.2, 0.25) is 0 Å². The van der Waals surface area contributed by atoms with Crippen LogP contribution in [0.1, 0.15) is 5.01 Å². The predicted octanol–water partition coefficient (Wildman–Crippen LogP) is 5.44. The molecule has 0 fully saturated rings. The number of thioether (sulfide) groups is 1. The van der Waals surface area contributed by atoms with Crippen LogP contribution in [0.25, 0.3) is 22.5 Å². The zero-order chi connectivity index (χ0) is 26.5. The highest BCUT2D eigenvalue weighted by Crippen LogP contribution is 2.32. The van der Waals surface area contributed by atoms with Gasteiger partial charge in [-0.05, 0) is 31.2 Å². The summed E-state index contributed by atoms with van der Waals surface area (Å²) in [4.78, 5) is 20.8. The first-order chi connectivity index (χ1) is 18.4. The Morgan fingerprint density at radius 3 is 2.21 bits per heavy atom. The first-order valence-electron chi connectivity index (χ1n) is 11.4. The van der Waals surface area contributed by atoms with Crippen molar-refractivity contribution in [3.63, 3.8) is 0 Å². The molecule has 1 amide bonds. The van der Waals surface area contributed by atoms with Gasteiger partial charge in [-0.1, -0.05) is 83.8 Å². The number of imidazole rings is 1. The summed E-state index contributed by atoms with van der Waals surface area (Å²) in [6, 6.07) is 25.7. The number of nitrogens with one attached hydrogen (secondary N) is 3. The zero-order valence-corrected chi connectivity index (χ0v) is 22.5. The lowest BCUT2D eigenvalue weighted by atomic mass is 10.1. The highest BCUT2D eigenvalue weighted by atomic mass is 32.2. The van der Waals surface area contributed by atoms with Crippen LogP contribution in [0.3, 0.4) is 0 Å². The van der Waals surface area contributed by atoms with Crippen molar-refractivity contribution in [2.75, 3.05) is 15.8 Å². The van der Waals surface area contributed by atoms with Gasteiger partial charge in [-0.25, -0.2) is 13.4 Å². The number of benzene rings is 3. The van der Waals surface area contributed by atoms with Crippen molar-refractivity contribution in [3.05, 3.63) is 89.9 Å². The van der Waals surface area contributed by atoms with E-state index in [0.29, 0.717) is 15.9 Å². The molecule has 192 valence electrons. The molecule has 0 bridgehead atoms. The lowest BCUT2D eigenvalue weighted by Crippen LogP contribution is -2.15. The van der Waals surface area contributed by atoms with Crippen LogP contribution in [0, 0.1) is 6.92 Å². The number of aromatic amines is 1. The van der Waals surface area contributed by atoms with Crippen molar-refractivity contribution in [2.24, 2.45) is 0 Å². The molecule has 0 radical (unpaired) electrons. The Morgan fingerprint density at radius 1 is 0.921 bits per heavy atom. The minimum atomic E-state index is -3.81. The highest BCUT2D eigenvalue weighted by molar-refractivity contribution is 7.99. The first kappa shape index (κ1) is 25.6. The van der Waals surface area contributed by atoms with Gasteiger partial charge in [0.2, 0.25) is 11.0 Å². The molecular formula is C26H22N6O3S3. The standard InChI is InChI=1S/C26H22N6O3S3/c1-17-30-31-26(37-17)32-38(34,35)21-14-12-20(13-15-21)27-22(33)16-36-25-28-23(18-8-4-2-5-9-18)24(29-25)19-10-6-3-7-11-19/h2-15H,16H2,1H3,(H,27,33)(H,28,29)(H,31,32). The fourth-order valence-corrected chi connectivity index (χ4v) is 6.09. The van der Waals surface area contributed by atoms with Crippen LogP contribution in [-0.2, 0) is 14.8 Å². The third-order valence-electron chi connectivity index (χ3n) is 5.33. The topological polar surface area (TPSA) is 130 Å². The Bertz CT molecular complexity index is 1590. The molecule has 2 aromatic heterocycles. The number of carbonyl (C=O) groups excluding carboxylic acids is 1. The number of aryl methyl sites for hydroxylation is 1. The summed E-state index contributed by atoms with van der Waals surface area (Å²) in [7, 11) is -3.81. The maximum Gasteiger partial charge on any atom is 0.263 e. The number of aromatic nitrogens is 4. The van der Waals surface area contributed by atoms with Crippen molar-refractivity contribution < 1.29 is 13.2 Å². The normalized spacial score (nSPS) is 11.3. The third-order valence-corrected chi connectivity index (χ3v) is 8.44. The molecule has 5 aromatic rings. The van der Waals surface area contributed by atoms with Crippen molar-refractivity contribution in [1.82, 2.24) is 20.2 Å². The molecule has 0 aliphatic carbocycles. The maximum atomic E-state index is 12.6. The number of sulfonamides is 1. The van der Waals surface area contributed by atoms with Gasteiger partial charge >= 0.3 is 0 Å². The van der Waals surface area contributed by atoms with E-state index in [2.05, 4.69) is 25.2 Å². The minimum absolute atomic E-state index is 0.0511. The molecule has 9 nitrogen and oxygen atoms in total. The van der Waals surface area contributed by atoms with E-state index in [-0.39, 0.29) is 21.7 Å². The average molecular weight is 563 g/mol. The van der Waals surface area contributed by atoms with E-state index in [9.17, 15) is 13.2 Å². The molecule has 0 spiro atoms. The van der Waals surface area contributed by atoms with E-state index in [1.807, 2.05) is 60.7 Å². The molecule has 0 saturated heterocycles. The summed E-state index contributed by atoms with van der Waals surface area (Å²) in [5.41, 5.74) is 4.16. The second-order valence-electron chi connectivity index (χ2n) is 8.09. The fourth-order valence-electron chi connectivity index (χ4n) is 3.60. The Labute approximate surface area is 227 Å². The van der Waals surface area contributed by atoms with E-state index >= 15 is 0 Å². The first-order valence-corrected chi connectivity index (χ1v) is 14.7. The number of amides is 1. The molecule has 5 rings (SSSR count). The van der Waals surface area contributed by atoms with E-state index in [4.69, 9.17) is 4.98 Å².